The molecule has 4 atom stereocenters. The third kappa shape index (κ3) is 3.73. The molecule has 1 aliphatic rings. The Morgan fingerprint density at radius 1 is 1.43 bits per heavy atom. The first kappa shape index (κ1) is 16.6. The van der Waals surface area contributed by atoms with Crippen molar-refractivity contribution < 1.29 is 9.00 Å². The summed E-state index contributed by atoms with van der Waals surface area (Å²) in [6, 6.07) is 3.95. The number of nitrogens with zero attached hydrogens (tertiary/aromatic N) is 1. The molecular weight excluding hydrogens is 304 g/mol. The molecule has 2 heterocycles. The highest BCUT2D eigenvalue weighted by atomic mass is 32.2. The Morgan fingerprint density at radius 2 is 2.14 bits per heavy atom. The molecule has 4 unspecified atom stereocenters. The largest absolute Gasteiger partial charge is 0.321 e. The van der Waals surface area contributed by atoms with Crippen molar-refractivity contribution in [2.24, 2.45) is 5.92 Å². The number of hydrogen-bond donors (Lipinski definition) is 1. The quantitative estimate of drug-likeness (QED) is 0.872. The van der Waals surface area contributed by atoms with Gasteiger partial charge in [0.25, 0.3) is 0 Å². The lowest BCUT2D eigenvalue weighted by Gasteiger charge is -2.24. The van der Waals surface area contributed by atoms with Gasteiger partial charge in [-0.1, -0.05) is 26.8 Å². The van der Waals surface area contributed by atoms with Crippen LogP contribution in [0.1, 0.15) is 38.2 Å². The summed E-state index contributed by atoms with van der Waals surface area (Å²) in [5.41, 5.74) is 0. The van der Waals surface area contributed by atoms with Gasteiger partial charge in [-0.25, -0.2) is 0 Å². The summed E-state index contributed by atoms with van der Waals surface area (Å²) in [5.74, 6) is 0.431. The zero-order chi connectivity index (χ0) is 15.6. The topological polar surface area (TPSA) is 49.4 Å². The van der Waals surface area contributed by atoms with E-state index < -0.39 is 10.8 Å². The van der Waals surface area contributed by atoms with Crippen LogP contribution >= 0.6 is 11.3 Å². The monoisotopic (exact) mass is 328 g/mol. The first-order valence-electron chi connectivity index (χ1n) is 7.34. The van der Waals surface area contributed by atoms with Crippen LogP contribution in [-0.2, 0) is 15.6 Å². The van der Waals surface area contributed by atoms with Crippen molar-refractivity contribution in [3.05, 3.63) is 22.4 Å². The summed E-state index contributed by atoms with van der Waals surface area (Å²) in [5, 5.41) is 5.60. The number of carbonyl (C=O) groups excluding carboxylic acids is 1. The second-order valence-corrected chi connectivity index (χ2v) is 8.72. The summed E-state index contributed by atoms with van der Waals surface area (Å²) in [7, 11) is -0.843. The molecule has 21 heavy (non-hydrogen) atoms. The molecule has 0 aliphatic carbocycles. The molecule has 6 heteroatoms. The molecule has 0 saturated carbocycles. The normalized spacial score (nSPS) is 25.6. The maximum atomic E-state index is 12.6. The van der Waals surface area contributed by atoms with Gasteiger partial charge in [-0.3, -0.25) is 14.3 Å². The summed E-state index contributed by atoms with van der Waals surface area (Å²) in [4.78, 5) is 15.7. The maximum absolute atomic E-state index is 12.6. The third-order valence-corrected chi connectivity index (χ3v) is 6.31. The molecule has 1 aliphatic heterocycles. The maximum Gasteiger partial charge on any atom is 0.241 e. The average Bonchev–Trinajstić information content (AvgIpc) is 3.03. The van der Waals surface area contributed by atoms with Crippen molar-refractivity contribution in [2.45, 2.75) is 44.6 Å². The van der Waals surface area contributed by atoms with Crippen molar-refractivity contribution in [3.8, 4) is 0 Å². The van der Waals surface area contributed by atoms with Gasteiger partial charge in [0.05, 0.1) is 6.04 Å². The molecule has 4 nitrogen and oxygen atoms in total. The average molecular weight is 329 g/mol. The van der Waals surface area contributed by atoms with E-state index >= 15 is 0 Å². The molecule has 1 amide bonds. The Labute approximate surface area is 133 Å². The Bertz CT molecular complexity index is 502. The van der Waals surface area contributed by atoms with Crippen molar-refractivity contribution in [1.82, 2.24) is 10.2 Å². The van der Waals surface area contributed by atoms with E-state index in [2.05, 4.69) is 25.2 Å². The van der Waals surface area contributed by atoms with Crippen LogP contribution in [0.5, 0.6) is 0 Å². The van der Waals surface area contributed by atoms with Crippen molar-refractivity contribution in [3.63, 3.8) is 0 Å². The van der Waals surface area contributed by atoms with Gasteiger partial charge < -0.3 is 4.90 Å². The van der Waals surface area contributed by atoms with Gasteiger partial charge in [-0.05, 0) is 23.8 Å². The van der Waals surface area contributed by atoms with Crippen LogP contribution in [0.2, 0.25) is 0 Å². The number of amides is 1. The van der Waals surface area contributed by atoms with Crippen LogP contribution in [-0.4, -0.2) is 39.1 Å². The van der Waals surface area contributed by atoms with Crippen LogP contribution in [0, 0.1) is 5.92 Å². The highest BCUT2D eigenvalue weighted by Crippen LogP contribution is 2.31. The molecule has 1 aromatic heterocycles. The minimum Gasteiger partial charge on any atom is -0.321 e. The smallest absolute Gasteiger partial charge is 0.241 e. The molecule has 0 radical (unpaired) electrons. The fraction of sp³-hybridized carbons (Fsp3) is 0.667. The van der Waals surface area contributed by atoms with E-state index in [0.717, 1.165) is 11.3 Å². The van der Waals surface area contributed by atoms with Crippen LogP contribution in [0.4, 0.5) is 0 Å². The van der Waals surface area contributed by atoms with Crippen molar-refractivity contribution in [1.29, 1.82) is 0 Å². The van der Waals surface area contributed by atoms with Crippen LogP contribution in [0.25, 0.3) is 0 Å². The predicted octanol–water partition coefficient (Wildman–Crippen LogP) is 2.36. The number of thiophene rings is 1. The third-order valence-electron chi connectivity index (χ3n) is 4.02. The second-order valence-electron chi connectivity index (χ2n) is 5.94. The molecular formula is C15H24N2O2S2. The van der Waals surface area contributed by atoms with E-state index in [1.165, 1.54) is 0 Å². The lowest BCUT2D eigenvalue weighted by atomic mass is 10.1. The van der Waals surface area contributed by atoms with E-state index in [0.29, 0.717) is 6.54 Å². The van der Waals surface area contributed by atoms with Gasteiger partial charge in [-0.15, -0.1) is 11.3 Å². The highest BCUT2D eigenvalue weighted by molar-refractivity contribution is 7.84. The Morgan fingerprint density at radius 3 is 2.67 bits per heavy atom. The zero-order valence-electron chi connectivity index (χ0n) is 13.0. The number of carbonyl (C=O) groups is 1. The summed E-state index contributed by atoms with van der Waals surface area (Å²) >= 11 is 1.66. The molecule has 0 bridgehead atoms. The molecule has 1 N–H and O–H groups in total. The first-order chi connectivity index (χ1) is 9.91. The van der Waals surface area contributed by atoms with Crippen LogP contribution in [0.3, 0.4) is 0 Å². The molecule has 2 rings (SSSR count). The second kappa shape index (κ2) is 7.03. The van der Waals surface area contributed by atoms with Gasteiger partial charge in [-0.2, -0.15) is 0 Å². The number of rotatable bonds is 6. The van der Waals surface area contributed by atoms with Gasteiger partial charge >= 0.3 is 0 Å². The van der Waals surface area contributed by atoms with Gasteiger partial charge in [0, 0.05) is 33.7 Å². The number of nitrogens with one attached hydrogen (secondary N) is 1. The lowest BCUT2D eigenvalue weighted by molar-refractivity contribution is -0.130. The summed E-state index contributed by atoms with van der Waals surface area (Å²) in [6.07, 6.45) is 2.45. The Hall–Kier alpha value is -0.720. The first-order valence-corrected chi connectivity index (χ1v) is 9.84. The fourth-order valence-corrected chi connectivity index (χ4v) is 3.76. The molecule has 0 aromatic carbocycles. The lowest BCUT2D eigenvalue weighted by Crippen LogP contribution is -2.35. The van der Waals surface area contributed by atoms with E-state index in [4.69, 9.17) is 0 Å². The summed E-state index contributed by atoms with van der Waals surface area (Å²) < 4.78 is 11.5. The Kier molecular flexibility index (Phi) is 5.57. The molecule has 1 aromatic rings. The van der Waals surface area contributed by atoms with Crippen LogP contribution in [0.15, 0.2) is 17.5 Å². The van der Waals surface area contributed by atoms with Gasteiger partial charge in [0.2, 0.25) is 5.91 Å². The van der Waals surface area contributed by atoms with E-state index in [9.17, 15) is 9.00 Å². The minimum atomic E-state index is -0.843. The summed E-state index contributed by atoms with van der Waals surface area (Å²) in [6.45, 7) is 6.76. The molecule has 1 fully saturated rings. The minimum absolute atomic E-state index is 0.0395. The van der Waals surface area contributed by atoms with E-state index in [1.54, 1.807) is 17.6 Å². The molecule has 1 saturated heterocycles. The van der Waals surface area contributed by atoms with Crippen molar-refractivity contribution in [2.75, 3.05) is 12.8 Å². The standard InChI is InChI=1S/C15H24N2O2S2/c1-10(2)13-15(18)17(8-7-11(3)21(4)19)14(16-13)12-6-5-9-20-12/h5-6,9-11,13-14,16H,7-8H2,1-4H3. The van der Waals surface area contributed by atoms with Gasteiger partial charge in [0.15, 0.2) is 0 Å². The Balaban J connectivity index is 2.13. The fourth-order valence-electron chi connectivity index (χ4n) is 2.52. The number of hydrogen-bond acceptors (Lipinski definition) is 4. The highest BCUT2D eigenvalue weighted by Gasteiger charge is 2.41. The SMILES string of the molecule is CC(C)C1NC(c2cccs2)N(CCC(C)S(C)=O)C1=O. The molecule has 118 valence electrons. The van der Waals surface area contributed by atoms with E-state index in [-0.39, 0.29) is 29.3 Å². The molecule has 0 spiro atoms. The van der Waals surface area contributed by atoms with E-state index in [1.807, 2.05) is 23.3 Å². The van der Waals surface area contributed by atoms with Crippen LogP contribution < -0.4 is 5.32 Å². The van der Waals surface area contributed by atoms with Crippen molar-refractivity contribution >= 4 is 28.0 Å². The zero-order valence-corrected chi connectivity index (χ0v) is 14.7. The van der Waals surface area contributed by atoms with Gasteiger partial charge in [0.1, 0.15) is 6.17 Å². The predicted molar refractivity (Wildman–Crippen MR) is 88.7 cm³/mol.